The van der Waals surface area contributed by atoms with Gasteiger partial charge in [0.1, 0.15) is 5.76 Å². The zero-order valence-electron chi connectivity index (χ0n) is 10.3. The molecule has 0 fully saturated rings. The molecule has 0 saturated carbocycles. The van der Waals surface area contributed by atoms with Crippen LogP contribution in [0.15, 0.2) is 27.2 Å². The maximum absolute atomic E-state index is 12.7. The van der Waals surface area contributed by atoms with Gasteiger partial charge in [0.2, 0.25) is 0 Å². The molecule has 102 valence electrons. The van der Waals surface area contributed by atoms with Gasteiger partial charge in [-0.25, -0.2) is 0 Å². The third-order valence-electron chi connectivity index (χ3n) is 2.92. The summed E-state index contributed by atoms with van der Waals surface area (Å²) >= 11 is 3.27. The van der Waals surface area contributed by atoms with Crippen molar-refractivity contribution in [1.29, 1.82) is 0 Å². The number of aryl methyl sites for hydroxylation is 2. The van der Waals surface area contributed by atoms with Gasteiger partial charge in [-0.05, 0) is 37.6 Å². The molecule has 2 aromatic rings. The highest BCUT2D eigenvalue weighted by atomic mass is 79.9. The molecule has 6 heteroatoms. The summed E-state index contributed by atoms with van der Waals surface area (Å²) < 4.78 is 43.7. The van der Waals surface area contributed by atoms with Crippen molar-refractivity contribution in [2.24, 2.45) is 0 Å². The van der Waals surface area contributed by atoms with Gasteiger partial charge < -0.3 is 4.52 Å². The zero-order valence-corrected chi connectivity index (χ0v) is 11.9. The fraction of sp³-hybridized carbons (Fsp3) is 0.308. The van der Waals surface area contributed by atoms with Crippen molar-refractivity contribution in [3.05, 3.63) is 50.8 Å². The topological polar surface area (TPSA) is 26.0 Å². The van der Waals surface area contributed by atoms with Gasteiger partial charge in [-0.15, -0.1) is 0 Å². The SMILES string of the molecule is Cc1noc(C)c1Cc1cc(C(F)(F)F)ccc1Br. The monoisotopic (exact) mass is 333 g/mol. The largest absolute Gasteiger partial charge is 0.416 e. The molecule has 0 radical (unpaired) electrons. The standard InChI is InChI=1S/C13H11BrF3NO/c1-7-11(8(2)19-18-7)6-9-5-10(13(15,16)17)3-4-12(9)14/h3-5H,6H2,1-2H3. The van der Waals surface area contributed by atoms with Crippen LogP contribution in [-0.4, -0.2) is 5.16 Å². The summed E-state index contributed by atoms with van der Waals surface area (Å²) in [6, 6.07) is 3.62. The van der Waals surface area contributed by atoms with Crippen LogP contribution in [-0.2, 0) is 12.6 Å². The molecule has 2 nitrogen and oxygen atoms in total. The van der Waals surface area contributed by atoms with Gasteiger partial charge in [-0.2, -0.15) is 13.2 Å². The van der Waals surface area contributed by atoms with Crippen LogP contribution >= 0.6 is 15.9 Å². The van der Waals surface area contributed by atoms with Crippen LogP contribution in [0.1, 0.15) is 28.1 Å². The van der Waals surface area contributed by atoms with Crippen molar-refractivity contribution in [3.63, 3.8) is 0 Å². The molecular formula is C13H11BrF3NO. The first-order valence-corrected chi connectivity index (χ1v) is 6.35. The maximum Gasteiger partial charge on any atom is 0.416 e. The van der Waals surface area contributed by atoms with Gasteiger partial charge in [-0.1, -0.05) is 21.1 Å². The van der Waals surface area contributed by atoms with Crippen molar-refractivity contribution >= 4 is 15.9 Å². The summed E-state index contributed by atoms with van der Waals surface area (Å²) in [7, 11) is 0. The highest BCUT2D eigenvalue weighted by Crippen LogP contribution is 2.33. The average molecular weight is 334 g/mol. The molecule has 19 heavy (non-hydrogen) atoms. The van der Waals surface area contributed by atoms with E-state index in [1.54, 1.807) is 13.8 Å². The Labute approximate surface area is 116 Å². The van der Waals surface area contributed by atoms with E-state index in [-0.39, 0.29) is 0 Å². The van der Waals surface area contributed by atoms with Gasteiger partial charge in [0, 0.05) is 16.5 Å². The lowest BCUT2D eigenvalue weighted by Gasteiger charge is -2.10. The van der Waals surface area contributed by atoms with E-state index in [4.69, 9.17) is 4.52 Å². The summed E-state index contributed by atoms with van der Waals surface area (Å²) in [5.41, 5.74) is 1.42. The highest BCUT2D eigenvalue weighted by molar-refractivity contribution is 9.10. The van der Waals surface area contributed by atoms with Crippen molar-refractivity contribution in [1.82, 2.24) is 5.16 Å². The number of hydrogen-bond donors (Lipinski definition) is 0. The smallest absolute Gasteiger partial charge is 0.361 e. The molecule has 0 unspecified atom stereocenters. The lowest BCUT2D eigenvalue weighted by Crippen LogP contribution is -2.06. The molecule has 0 N–H and O–H groups in total. The first kappa shape index (κ1) is 14.1. The van der Waals surface area contributed by atoms with Crippen LogP contribution in [0, 0.1) is 13.8 Å². The van der Waals surface area contributed by atoms with Crippen molar-refractivity contribution < 1.29 is 17.7 Å². The molecule has 0 aliphatic rings. The Balaban J connectivity index is 2.40. The molecule has 0 aliphatic carbocycles. The zero-order chi connectivity index (χ0) is 14.2. The van der Waals surface area contributed by atoms with Crippen molar-refractivity contribution in [2.45, 2.75) is 26.4 Å². The van der Waals surface area contributed by atoms with Crippen LogP contribution in [0.4, 0.5) is 13.2 Å². The van der Waals surface area contributed by atoms with Crippen molar-refractivity contribution in [2.75, 3.05) is 0 Å². The van der Waals surface area contributed by atoms with Crippen LogP contribution in [0.5, 0.6) is 0 Å². The molecule has 0 bridgehead atoms. The average Bonchev–Trinajstić information content (AvgIpc) is 2.62. The van der Waals surface area contributed by atoms with E-state index in [1.807, 2.05) is 0 Å². The number of rotatable bonds is 2. The van der Waals surface area contributed by atoms with E-state index in [0.29, 0.717) is 27.9 Å². The minimum Gasteiger partial charge on any atom is -0.361 e. The molecule has 1 heterocycles. The Bertz CT molecular complexity index is 585. The number of alkyl halides is 3. The van der Waals surface area contributed by atoms with Crippen LogP contribution in [0.25, 0.3) is 0 Å². The Morgan fingerprint density at radius 1 is 1.26 bits per heavy atom. The van der Waals surface area contributed by atoms with Crippen LogP contribution in [0.2, 0.25) is 0 Å². The van der Waals surface area contributed by atoms with E-state index >= 15 is 0 Å². The Morgan fingerprint density at radius 3 is 2.47 bits per heavy atom. The maximum atomic E-state index is 12.7. The Kier molecular flexibility index (Phi) is 3.71. The minimum atomic E-state index is -4.34. The third-order valence-corrected chi connectivity index (χ3v) is 3.70. The number of hydrogen-bond acceptors (Lipinski definition) is 2. The number of halogens is 4. The summed E-state index contributed by atoms with van der Waals surface area (Å²) in [6.45, 7) is 3.52. The molecule has 0 saturated heterocycles. The van der Waals surface area contributed by atoms with Crippen LogP contribution < -0.4 is 0 Å². The normalized spacial score (nSPS) is 11.9. The fourth-order valence-corrected chi connectivity index (χ4v) is 2.22. The van der Waals surface area contributed by atoms with E-state index < -0.39 is 11.7 Å². The van der Waals surface area contributed by atoms with Gasteiger partial charge in [0.05, 0.1) is 11.3 Å². The summed E-state index contributed by atoms with van der Waals surface area (Å²) in [5, 5.41) is 3.80. The number of nitrogens with zero attached hydrogens (tertiary/aromatic N) is 1. The van der Waals surface area contributed by atoms with Gasteiger partial charge in [-0.3, -0.25) is 0 Å². The van der Waals surface area contributed by atoms with Gasteiger partial charge in [0.15, 0.2) is 0 Å². The van der Waals surface area contributed by atoms with E-state index in [0.717, 1.165) is 17.7 Å². The number of benzene rings is 1. The highest BCUT2D eigenvalue weighted by Gasteiger charge is 2.31. The van der Waals surface area contributed by atoms with E-state index in [1.165, 1.54) is 6.07 Å². The second-order valence-electron chi connectivity index (χ2n) is 4.28. The summed E-state index contributed by atoms with van der Waals surface area (Å²) in [4.78, 5) is 0. The lowest BCUT2D eigenvalue weighted by molar-refractivity contribution is -0.137. The van der Waals surface area contributed by atoms with Gasteiger partial charge >= 0.3 is 6.18 Å². The minimum absolute atomic E-state index is 0.353. The lowest BCUT2D eigenvalue weighted by atomic mass is 10.0. The molecule has 0 aliphatic heterocycles. The first-order valence-electron chi connectivity index (χ1n) is 5.56. The van der Waals surface area contributed by atoms with Crippen LogP contribution in [0.3, 0.4) is 0 Å². The quantitative estimate of drug-likeness (QED) is 0.798. The molecular weight excluding hydrogens is 323 g/mol. The summed E-state index contributed by atoms with van der Waals surface area (Å²) in [5.74, 6) is 0.627. The predicted octanol–water partition coefficient (Wildman–Crippen LogP) is 4.66. The third kappa shape index (κ3) is 3.00. The Hall–Kier alpha value is -1.30. The van der Waals surface area contributed by atoms with Gasteiger partial charge in [0.25, 0.3) is 0 Å². The molecule has 1 aromatic carbocycles. The van der Waals surface area contributed by atoms with E-state index in [2.05, 4.69) is 21.1 Å². The molecule has 2 rings (SSSR count). The Morgan fingerprint density at radius 2 is 1.95 bits per heavy atom. The first-order chi connectivity index (χ1) is 8.79. The molecule has 1 aromatic heterocycles. The molecule has 0 amide bonds. The van der Waals surface area contributed by atoms with Crippen molar-refractivity contribution in [3.8, 4) is 0 Å². The van der Waals surface area contributed by atoms with E-state index in [9.17, 15) is 13.2 Å². The summed E-state index contributed by atoms with van der Waals surface area (Å²) in [6.07, 6.45) is -3.99. The molecule has 0 atom stereocenters. The second kappa shape index (κ2) is 5.00. The number of aromatic nitrogens is 1. The second-order valence-corrected chi connectivity index (χ2v) is 5.14. The predicted molar refractivity (Wildman–Crippen MR) is 67.9 cm³/mol. The fourth-order valence-electron chi connectivity index (χ4n) is 1.83. The molecule has 0 spiro atoms.